The number of aliphatic hydroxyl groups is 16. The monoisotopic (exact) mass is 1800 g/mol. The van der Waals surface area contributed by atoms with Crippen LogP contribution in [0.4, 0.5) is 0 Å². The molecule has 0 aliphatic rings. The molecule has 0 saturated heterocycles. The molecule has 0 amide bonds. The van der Waals surface area contributed by atoms with Crippen LogP contribution in [0, 0.1) is 69.2 Å². The van der Waals surface area contributed by atoms with Crippen molar-refractivity contribution in [3.05, 3.63) is 271 Å². The van der Waals surface area contributed by atoms with E-state index in [9.17, 15) is 51.1 Å². The second kappa shape index (κ2) is 52.4. The minimum absolute atomic E-state index is 0.0160. The molecule has 0 aromatic heterocycles. The Morgan fingerprint density at radius 3 is 0.692 bits per heavy atom. The summed E-state index contributed by atoms with van der Waals surface area (Å²) in [5.41, 5.74) is 16.4. The Morgan fingerprint density at radius 1 is 0.208 bits per heavy atom. The molecule has 0 saturated carbocycles. The van der Waals surface area contributed by atoms with Crippen molar-refractivity contribution in [1.29, 1.82) is 0 Å². The van der Waals surface area contributed by atoms with E-state index in [4.69, 9.17) is 83.5 Å². The van der Waals surface area contributed by atoms with Crippen LogP contribution < -0.4 is 42.6 Å². The lowest BCUT2D eigenvalue weighted by molar-refractivity contribution is 0.0532. The third kappa shape index (κ3) is 33.0. The van der Waals surface area contributed by atoms with Gasteiger partial charge in [0.05, 0.1) is 52.9 Å². The quantitative estimate of drug-likeness (QED) is 0.0169. The summed E-state index contributed by atoms with van der Waals surface area (Å²) >= 11 is 0. The van der Waals surface area contributed by atoms with Crippen LogP contribution in [0.1, 0.15) is 131 Å². The number of ether oxygens (including phenoxy) is 9. The van der Waals surface area contributed by atoms with Gasteiger partial charge in [-0.1, -0.05) is 151 Å². The summed E-state index contributed by atoms with van der Waals surface area (Å²) in [6, 6.07) is 57.5. The smallest absolute Gasteiger partial charge is 0.131 e. The molecule has 18 N–H and O–H groups in total. The van der Waals surface area contributed by atoms with Gasteiger partial charge in [0.15, 0.2) is 0 Å². The maximum atomic E-state index is 10.0. The Bertz CT molecular complexity index is 4940. The maximum absolute atomic E-state index is 10.0. The first kappa shape index (κ1) is 108. The van der Waals surface area contributed by atoms with Crippen molar-refractivity contribution in [3.63, 3.8) is 0 Å². The summed E-state index contributed by atoms with van der Waals surface area (Å²) < 4.78 is 50.7. The van der Waals surface area contributed by atoms with Gasteiger partial charge in [0.25, 0.3) is 0 Å². The van der Waals surface area contributed by atoms with Crippen LogP contribution in [0.2, 0.25) is 0 Å². The lowest BCUT2D eigenvalue weighted by Gasteiger charge is -2.28. The fourth-order valence-corrected chi connectivity index (χ4v) is 12.7. The van der Waals surface area contributed by atoms with Gasteiger partial charge in [0, 0.05) is 28.4 Å². The summed E-state index contributed by atoms with van der Waals surface area (Å²) in [4.78, 5) is 0. The topological polar surface area (TPSA) is 447 Å². The molecule has 0 aliphatic carbocycles. The number of phenols is 2. The van der Waals surface area contributed by atoms with Crippen molar-refractivity contribution in [2.45, 2.75) is 176 Å². The Morgan fingerprint density at radius 2 is 0.423 bits per heavy atom. The van der Waals surface area contributed by atoms with Gasteiger partial charge in [-0.05, 0) is 230 Å². The molecule has 27 nitrogen and oxygen atoms in total. The van der Waals surface area contributed by atoms with E-state index in [0.29, 0.717) is 63.2 Å². The zero-order valence-electron chi connectivity index (χ0n) is 77.5. The van der Waals surface area contributed by atoms with E-state index in [0.717, 1.165) is 100 Å². The number of rotatable bonds is 41. The van der Waals surface area contributed by atoms with E-state index in [1.807, 2.05) is 209 Å². The third-order valence-electron chi connectivity index (χ3n) is 21.9. The second-order valence-electron chi connectivity index (χ2n) is 33.9. The van der Waals surface area contributed by atoms with Crippen LogP contribution in [0.25, 0.3) is 11.1 Å². The SMILES string of the molecule is Cc1cc(C(C)(C)c2ccc(OCC(O)CO)c(C)c2)ccc1O.Cc1ccc(-c2ccc(C)c(OCC(O)CO)c2)cc1OCC(O)CO.Cc1ccc(C(C)(C)c2ccc(C)c(OCC(O)CO)c2)cc1O.Cc1ccc(C(C)(C)c2ccc(C)c(OCC(O)CO)c2)cc1OCC(O)CO.Cc1ccc(Oc2ccc(C)c(OCC(O)CO)c2)cc1OCC(O)CO. The number of phenolic OH excluding ortho intramolecular Hbond substituents is 2. The van der Waals surface area contributed by atoms with Crippen molar-refractivity contribution < 1.29 is 135 Å². The third-order valence-corrected chi connectivity index (χ3v) is 21.9. The molecule has 0 bridgehead atoms. The van der Waals surface area contributed by atoms with Gasteiger partial charge in [-0.3, -0.25) is 0 Å². The van der Waals surface area contributed by atoms with Gasteiger partial charge in [-0.25, -0.2) is 0 Å². The number of hydrogen-bond donors (Lipinski definition) is 18. The van der Waals surface area contributed by atoms with E-state index in [2.05, 4.69) is 47.6 Å². The summed E-state index contributed by atoms with van der Waals surface area (Å²) in [5.74, 6) is 6.75. The highest BCUT2D eigenvalue weighted by molar-refractivity contribution is 5.68. The molecule has 10 aromatic carbocycles. The van der Waals surface area contributed by atoms with Crippen molar-refractivity contribution in [3.8, 4) is 80.1 Å². The van der Waals surface area contributed by atoms with Gasteiger partial charge >= 0.3 is 0 Å². The van der Waals surface area contributed by atoms with E-state index < -0.39 is 48.8 Å². The Labute approximate surface area is 763 Å². The van der Waals surface area contributed by atoms with Crippen LogP contribution in [0.3, 0.4) is 0 Å². The Kier molecular flexibility index (Phi) is 43.6. The van der Waals surface area contributed by atoms with E-state index in [1.165, 1.54) is 0 Å². The average molecular weight is 1810 g/mol. The lowest BCUT2D eigenvalue weighted by Crippen LogP contribution is -2.23. The maximum Gasteiger partial charge on any atom is 0.131 e. The summed E-state index contributed by atoms with van der Waals surface area (Å²) in [5, 5.41) is 167. The lowest BCUT2D eigenvalue weighted by atomic mass is 9.77. The minimum Gasteiger partial charge on any atom is -0.508 e. The molecule has 0 radical (unpaired) electrons. The van der Waals surface area contributed by atoms with Crippen LogP contribution in [0.5, 0.6) is 69.0 Å². The number of aryl methyl sites for hydroxylation is 10. The zero-order valence-corrected chi connectivity index (χ0v) is 77.5. The number of aromatic hydroxyl groups is 2. The van der Waals surface area contributed by atoms with E-state index in [1.54, 1.807) is 36.4 Å². The zero-order chi connectivity index (χ0) is 96.3. The Hall–Kier alpha value is -10.6. The molecule has 8 unspecified atom stereocenters. The molecular formula is C103H136O27. The fraction of sp³-hybridized carbons (Fsp3) is 0.417. The highest BCUT2D eigenvalue weighted by Gasteiger charge is 2.29. The van der Waals surface area contributed by atoms with Crippen molar-refractivity contribution in [2.24, 2.45) is 0 Å². The molecule has 27 heteroatoms. The molecule has 10 rings (SSSR count). The molecule has 0 spiro atoms. The Balaban J connectivity index is 0.000000251. The molecule has 8 atom stereocenters. The van der Waals surface area contributed by atoms with Crippen LogP contribution in [-0.2, 0) is 16.2 Å². The fourth-order valence-electron chi connectivity index (χ4n) is 12.7. The molecule has 0 aliphatic heterocycles. The molecule has 10 aromatic rings. The second-order valence-corrected chi connectivity index (χ2v) is 33.9. The largest absolute Gasteiger partial charge is 0.508 e. The van der Waals surface area contributed by atoms with Crippen LogP contribution in [0.15, 0.2) is 182 Å². The first-order chi connectivity index (χ1) is 61.5. The molecule has 0 heterocycles. The highest BCUT2D eigenvalue weighted by atomic mass is 16.5. The van der Waals surface area contributed by atoms with E-state index in [-0.39, 0.29) is 128 Å². The van der Waals surface area contributed by atoms with Gasteiger partial charge in [-0.2, -0.15) is 0 Å². The molecule has 0 fully saturated rings. The van der Waals surface area contributed by atoms with Crippen molar-refractivity contribution >= 4 is 0 Å². The number of aliphatic hydroxyl groups excluding tert-OH is 16. The molecule has 710 valence electrons. The van der Waals surface area contributed by atoms with Crippen molar-refractivity contribution in [2.75, 3.05) is 106 Å². The van der Waals surface area contributed by atoms with Gasteiger partial charge < -0.3 is 135 Å². The predicted octanol–water partition coefficient (Wildman–Crippen LogP) is 11.2. The van der Waals surface area contributed by atoms with Gasteiger partial charge in [0.2, 0.25) is 0 Å². The first-order valence-electron chi connectivity index (χ1n) is 43.1. The van der Waals surface area contributed by atoms with Crippen LogP contribution >= 0.6 is 0 Å². The van der Waals surface area contributed by atoms with Gasteiger partial charge in [-0.15, -0.1) is 0 Å². The highest BCUT2D eigenvalue weighted by Crippen LogP contribution is 2.42. The van der Waals surface area contributed by atoms with Crippen LogP contribution in [-0.4, -0.2) is 246 Å². The predicted molar refractivity (Wildman–Crippen MR) is 499 cm³/mol. The first-order valence-corrected chi connectivity index (χ1v) is 43.1. The average Bonchev–Trinajstić information content (AvgIpc) is 0.851. The summed E-state index contributed by atoms with van der Waals surface area (Å²) in [6.45, 7) is 29.1. The summed E-state index contributed by atoms with van der Waals surface area (Å²) in [6.07, 6.45) is -7.34. The number of benzene rings is 10. The number of hydrogen-bond acceptors (Lipinski definition) is 27. The minimum atomic E-state index is -0.944. The van der Waals surface area contributed by atoms with E-state index >= 15 is 0 Å². The van der Waals surface area contributed by atoms with Crippen molar-refractivity contribution in [1.82, 2.24) is 0 Å². The van der Waals surface area contributed by atoms with Gasteiger partial charge in [0.1, 0.15) is 171 Å². The standard InChI is InChI=1S/C23H32O6.C20H26O7.C20H26O6.2C20H26O4/c1-15-5-7-17(9-21(15)28-13-19(26)11-24)23(3,4)18-8-6-16(2)22(10-18)29-14-20(27)12-25;1-13-3-5-17(7-19(13)25-11-15(23)9-21)27-18-6-4-14(2)20(8-18)26-12-16(24)10-22;1-13-3-5-15(7-19(13)25-11-17(23)9-21)16-6-4-14(2)20(8-16)26-12-18(24)10-22;1-13-9-15(5-7-18(13)23)20(3,4)16-6-8-19(14(2)10-16)24-12-17(22)11-21;1-13-5-7-15(9-18(13)23)20(3,4)16-8-6-14(2)19(10-16)24-12-17(22)11-21/h5-10,19-20,24-27H,11-14H2,1-4H3;3-8,15-16,21-24H,9-12H2,1-2H3;3-8,17-18,21-24H,9-12H2,1-2H3;2*5-10,17,21-23H,11-12H2,1-4H3. The summed E-state index contributed by atoms with van der Waals surface area (Å²) in [7, 11) is 0. The molecular weight excluding hydrogens is 1670 g/mol. The normalized spacial score (nSPS) is 13.2. The molecule has 130 heavy (non-hydrogen) atoms.